The van der Waals surface area contributed by atoms with E-state index in [1.807, 2.05) is 72.6 Å². The molecule has 1 aliphatic heterocycles. The molecule has 0 unspecified atom stereocenters. The van der Waals surface area contributed by atoms with Gasteiger partial charge in [-0.05, 0) is 36.4 Å². The number of sulfonamides is 1. The van der Waals surface area contributed by atoms with Crippen LogP contribution in [0.1, 0.15) is 5.56 Å². The van der Waals surface area contributed by atoms with E-state index in [1.165, 1.54) is 16.4 Å². The Kier molecular flexibility index (Phi) is 7.34. The maximum Gasteiger partial charge on any atom is 0.244 e. The van der Waals surface area contributed by atoms with Crippen molar-refractivity contribution >= 4 is 21.6 Å². The van der Waals surface area contributed by atoms with Gasteiger partial charge in [0, 0.05) is 33.2 Å². The Morgan fingerprint density at radius 3 is 2.29 bits per heavy atom. The van der Waals surface area contributed by atoms with Crippen LogP contribution in [0.15, 0.2) is 83.8 Å². The molecule has 9 heteroatoms. The third-order valence-corrected chi connectivity index (χ3v) is 7.79. The van der Waals surface area contributed by atoms with Gasteiger partial charge in [-0.2, -0.15) is 9.57 Å². The van der Waals surface area contributed by atoms with Crippen LogP contribution < -0.4 is 9.64 Å². The van der Waals surface area contributed by atoms with Crippen molar-refractivity contribution in [2.45, 2.75) is 4.90 Å². The van der Waals surface area contributed by atoms with E-state index in [1.54, 1.807) is 17.0 Å². The summed E-state index contributed by atoms with van der Waals surface area (Å²) in [4.78, 5) is 16.5. The Morgan fingerprint density at radius 1 is 0.943 bits per heavy atom. The molecule has 1 aliphatic rings. The Morgan fingerprint density at radius 2 is 1.57 bits per heavy atom. The smallest absolute Gasteiger partial charge is 0.244 e. The molecule has 1 saturated heterocycles. The first-order valence-corrected chi connectivity index (χ1v) is 12.6. The summed E-state index contributed by atoms with van der Waals surface area (Å²) in [5.74, 6) is 1.24. The number of nitriles is 1. The third kappa shape index (κ3) is 5.45. The van der Waals surface area contributed by atoms with E-state index in [0.717, 1.165) is 5.69 Å². The number of likely N-dealkylation sites (N-methyl/N-ethyl adjacent to an activating group) is 1. The first kappa shape index (κ1) is 24.3. The lowest BCUT2D eigenvalue weighted by atomic mass is 10.2. The van der Waals surface area contributed by atoms with Gasteiger partial charge in [0.2, 0.25) is 15.9 Å². The van der Waals surface area contributed by atoms with Crippen molar-refractivity contribution in [3.8, 4) is 17.6 Å². The van der Waals surface area contributed by atoms with Crippen LogP contribution in [0.2, 0.25) is 0 Å². The average Bonchev–Trinajstić information content (AvgIpc) is 2.89. The van der Waals surface area contributed by atoms with E-state index < -0.39 is 10.0 Å². The van der Waals surface area contributed by atoms with Crippen molar-refractivity contribution in [2.24, 2.45) is 0 Å². The molecule has 3 aromatic rings. The molecule has 3 aromatic carbocycles. The molecule has 4 rings (SSSR count). The molecule has 1 heterocycles. The number of anilines is 1. The Bertz CT molecular complexity index is 1330. The second-order valence-electron chi connectivity index (χ2n) is 8.13. The van der Waals surface area contributed by atoms with Crippen LogP contribution in [0.5, 0.6) is 11.5 Å². The van der Waals surface area contributed by atoms with Crippen LogP contribution in [0.3, 0.4) is 0 Å². The van der Waals surface area contributed by atoms with Crippen molar-refractivity contribution in [3.63, 3.8) is 0 Å². The minimum atomic E-state index is -3.81. The van der Waals surface area contributed by atoms with E-state index in [0.29, 0.717) is 11.5 Å². The van der Waals surface area contributed by atoms with Crippen LogP contribution in [0.25, 0.3) is 0 Å². The van der Waals surface area contributed by atoms with Crippen molar-refractivity contribution in [1.82, 2.24) is 9.21 Å². The van der Waals surface area contributed by atoms with Gasteiger partial charge in [0.05, 0.1) is 22.7 Å². The number of carbonyl (C=O) groups excluding carboxylic acids is 1. The Labute approximate surface area is 205 Å². The van der Waals surface area contributed by atoms with Gasteiger partial charge in [-0.3, -0.25) is 4.79 Å². The molecule has 0 saturated carbocycles. The van der Waals surface area contributed by atoms with E-state index in [-0.39, 0.29) is 49.1 Å². The summed E-state index contributed by atoms with van der Waals surface area (Å²) < 4.78 is 33.4. The van der Waals surface area contributed by atoms with E-state index in [4.69, 9.17) is 4.74 Å². The number of carbonyl (C=O) groups is 1. The Hall–Kier alpha value is -3.87. The fraction of sp³-hybridized carbons (Fsp3) is 0.231. The summed E-state index contributed by atoms with van der Waals surface area (Å²) in [6.07, 6.45) is 0. The fourth-order valence-corrected chi connectivity index (χ4v) is 5.53. The number of nitrogens with zero attached hydrogens (tertiary/aromatic N) is 4. The molecule has 0 aromatic heterocycles. The zero-order valence-electron chi connectivity index (χ0n) is 19.4. The lowest BCUT2D eigenvalue weighted by Crippen LogP contribution is -2.52. The summed E-state index contributed by atoms with van der Waals surface area (Å²) in [6, 6.07) is 25.0. The standard InChI is InChI=1S/C26H26N4O4S/c1-28(23-12-6-7-13-24(23)34-22-10-3-2-4-11-22)20-26(31)29-15-17-30(18-16-29)35(32,33)25-14-8-5-9-21(25)19-27/h2-14H,15-18,20H2,1H3. The summed E-state index contributed by atoms with van der Waals surface area (Å²) >= 11 is 0. The number of para-hydroxylation sites is 3. The van der Waals surface area contributed by atoms with E-state index in [2.05, 4.69) is 0 Å². The van der Waals surface area contributed by atoms with Crippen LogP contribution >= 0.6 is 0 Å². The van der Waals surface area contributed by atoms with Crippen LogP contribution in [0, 0.1) is 11.3 Å². The van der Waals surface area contributed by atoms with Gasteiger partial charge in [0.15, 0.2) is 5.75 Å². The minimum Gasteiger partial charge on any atom is -0.455 e. The number of benzene rings is 3. The normalized spacial score (nSPS) is 14.2. The molecular weight excluding hydrogens is 464 g/mol. The highest BCUT2D eigenvalue weighted by molar-refractivity contribution is 7.89. The van der Waals surface area contributed by atoms with Crippen molar-refractivity contribution < 1.29 is 17.9 Å². The first-order valence-electron chi connectivity index (χ1n) is 11.2. The fourth-order valence-electron chi connectivity index (χ4n) is 3.96. The van der Waals surface area contributed by atoms with Crippen molar-refractivity contribution in [1.29, 1.82) is 5.26 Å². The number of rotatable bonds is 7. The van der Waals surface area contributed by atoms with Gasteiger partial charge >= 0.3 is 0 Å². The summed E-state index contributed by atoms with van der Waals surface area (Å²) in [5, 5.41) is 9.28. The monoisotopic (exact) mass is 490 g/mol. The average molecular weight is 491 g/mol. The molecule has 0 atom stereocenters. The zero-order chi connectivity index (χ0) is 24.8. The predicted octanol–water partition coefficient (Wildman–Crippen LogP) is 3.32. The van der Waals surface area contributed by atoms with Crippen LogP contribution in [0.4, 0.5) is 5.69 Å². The van der Waals surface area contributed by atoms with Crippen molar-refractivity contribution in [3.05, 3.63) is 84.4 Å². The van der Waals surface area contributed by atoms with Gasteiger partial charge in [-0.15, -0.1) is 0 Å². The Balaban J connectivity index is 1.39. The molecule has 0 radical (unpaired) electrons. The highest BCUT2D eigenvalue weighted by Crippen LogP contribution is 2.31. The summed E-state index contributed by atoms with van der Waals surface area (Å²) in [6.45, 7) is 1.03. The summed E-state index contributed by atoms with van der Waals surface area (Å²) in [7, 11) is -1.99. The second kappa shape index (κ2) is 10.6. The predicted molar refractivity (Wildman–Crippen MR) is 133 cm³/mol. The topological polar surface area (TPSA) is 94.0 Å². The van der Waals surface area contributed by atoms with Gasteiger partial charge in [0.25, 0.3) is 0 Å². The second-order valence-corrected chi connectivity index (χ2v) is 10.0. The van der Waals surface area contributed by atoms with Gasteiger partial charge in [-0.25, -0.2) is 8.42 Å². The number of hydrogen-bond acceptors (Lipinski definition) is 6. The maximum atomic E-state index is 13.0. The van der Waals surface area contributed by atoms with Gasteiger partial charge in [0.1, 0.15) is 11.8 Å². The number of piperazine rings is 1. The zero-order valence-corrected chi connectivity index (χ0v) is 20.2. The number of ether oxygens (including phenoxy) is 1. The molecule has 8 nitrogen and oxygen atoms in total. The van der Waals surface area contributed by atoms with Gasteiger partial charge < -0.3 is 14.5 Å². The largest absolute Gasteiger partial charge is 0.455 e. The van der Waals surface area contributed by atoms with Crippen molar-refractivity contribution in [2.75, 3.05) is 44.7 Å². The van der Waals surface area contributed by atoms with E-state index in [9.17, 15) is 18.5 Å². The molecule has 0 bridgehead atoms. The molecule has 0 N–H and O–H groups in total. The first-order chi connectivity index (χ1) is 16.9. The molecule has 0 aliphatic carbocycles. The minimum absolute atomic E-state index is 0.00275. The molecule has 180 valence electrons. The number of amides is 1. The molecule has 1 fully saturated rings. The van der Waals surface area contributed by atoms with E-state index >= 15 is 0 Å². The van der Waals surface area contributed by atoms with Crippen LogP contribution in [-0.2, 0) is 14.8 Å². The highest BCUT2D eigenvalue weighted by Gasteiger charge is 2.31. The SMILES string of the molecule is CN(CC(=O)N1CCN(S(=O)(=O)c2ccccc2C#N)CC1)c1ccccc1Oc1ccccc1. The lowest BCUT2D eigenvalue weighted by molar-refractivity contribution is -0.130. The third-order valence-electron chi connectivity index (χ3n) is 5.84. The summed E-state index contributed by atoms with van der Waals surface area (Å²) in [5.41, 5.74) is 0.892. The number of hydrogen-bond donors (Lipinski definition) is 0. The molecule has 1 amide bonds. The molecular formula is C26H26N4O4S. The molecule has 35 heavy (non-hydrogen) atoms. The highest BCUT2D eigenvalue weighted by atomic mass is 32.2. The van der Waals surface area contributed by atoms with Gasteiger partial charge in [-0.1, -0.05) is 42.5 Å². The molecule has 0 spiro atoms. The maximum absolute atomic E-state index is 13.0. The lowest BCUT2D eigenvalue weighted by Gasteiger charge is -2.35. The van der Waals surface area contributed by atoms with Crippen LogP contribution in [-0.4, -0.2) is 63.3 Å². The quantitative estimate of drug-likeness (QED) is 0.504.